The summed E-state index contributed by atoms with van der Waals surface area (Å²) in [6, 6.07) is 13.5. The van der Waals surface area contributed by atoms with E-state index < -0.39 is 4.92 Å². The molecule has 0 spiro atoms. The minimum atomic E-state index is -0.461. The number of benzene rings is 2. The lowest BCUT2D eigenvalue weighted by molar-refractivity contribution is -0.384. The molecule has 8 heteroatoms. The van der Waals surface area contributed by atoms with Crippen molar-refractivity contribution < 1.29 is 4.92 Å². The Balaban J connectivity index is 1.86. The summed E-state index contributed by atoms with van der Waals surface area (Å²) in [5.41, 5.74) is 1.40. The number of hydrogen-bond donors (Lipinski definition) is 0. The molecule has 0 fully saturated rings. The molecular formula is C14H10ClN5O2. The smallest absolute Gasteiger partial charge is 0.258 e. The number of non-ortho nitro benzene ring substituents is 1. The highest BCUT2D eigenvalue weighted by atomic mass is 35.5. The molecule has 0 aliphatic carbocycles. The number of rotatable bonds is 4. The summed E-state index contributed by atoms with van der Waals surface area (Å²) in [5, 5.41) is 23.5. The van der Waals surface area contributed by atoms with E-state index in [1.807, 2.05) is 18.2 Å². The summed E-state index contributed by atoms with van der Waals surface area (Å²) in [7, 11) is 0. The van der Waals surface area contributed by atoms with E-state index in [4.69, 9.17) is 11.6 Å². The van der Waals surface area contributed by atoms with E-state index in [2.05, 4.69) is 15.4 Å². The molecule has 22 heavy (non-hydrogen) atoms. The first-order valence-corrected chi connectivity index (χ1v) is 6.77. The Hall–Kier alpha value is -2.80. The number of halogens is 1. The minimum Gasteiger partial charge on any atom is -0.258 e. The second kappa shape index (κ2) is 5.90. The molecule has 0 saturated carbocycles. The van der Waals surface area contributed by atoms with Crippen LogP contribution in [-0.4, -0.2) is 25.1 Å². The van der Waals surface area contributed by atoms with Crippen LogP contribution in [-0.2, 0) is 6.54 Å². The number of aromatic nitrogens is 4. The van der Waals surface area contributed by atoms with E-state index in [0.717, 1.165) is 5.56 Å². The van der Waals surface area contributed by atoms with E-state index in [-0.39, 0.29) is 5.69 Å². The number of nitro benzene ring substituents is 1. The molecule has 3 rings (SSSR count). The first-order valence-electron chi connectivity index (χ1n) is 6.39. The molecule has 0 aliphatic rings. The van der Waals surface area contributed by atoms with E-state index in [1.165, 1.54) is 16.9 Å². The number of nitrogens with zero attached hydrogens (tertiary/aromatic N) is 5. The zero-order valence-corrected chi connectivity index (χ0v) is 12.0. The zero-order chi connectivity index (χ0) is 15.5. The van der Waals surface area contributed by atoms with Crippen molar-refractivity contribution in [3.63, 3.8) is 0 Å². The van der Waals surface area contributed by atoms with Crippen LogP contribution in [0.5, 0.6) is 0 Å². The maximum Gasteiger partial charge on any atom is 0.270 e. The molecule has 2 aromatic carbocycles. The normalized spacial score (nSPS) is 10.6. The van der Waals surface area contributed by atoms with Gasteiger partial charge in [-0.3, -0.25) is 10.1 Å². The number of tetrazole rings is 1. The fourth-order valence-corrected chi connectivity index (χ4v) is 2.16. The van der Waals surface area contributed by atoms with Crippen LogP contribution in [0.25, 0.3) is 11.4 Å². The van der Waals surface area contributed by atoms with E-state index >= 15 is 0 Å². The molecule has 1 aromatic heterocycles. The van der Waals surface area contributed by atoms with E-state index in [9.17, 15) is 10.1 Å². The van der Waals surface area contributed by atoms with Gasteiger partial charge in [-0.15, -0.1) is 10.2 Å². The molecular weight excluding hydrogens is 306 g/mol. The Morgan fingerprint density at radius 2 is 2.00 bits per heavy atom. The van der Waals surface area contributed by atoms with Gasteiger partial charge in [0, 0.05) is 22.7 Å². The van der Waals surface area contributed by atoms with Crippen molar-refractivity contribution in [2.75, 3.05) is 0 Å². The highest BCUT2D eigenvalue weighted by Crippen LogP contribution is 2.20. The second-order valence-electron chi connectivity index (χ2n) is 4.54. The van der Waals surface area contributed by atoms with Gasteiger partial charge in [-0.25, -0.2) is 0 Å². The first kappa shape index (κ1) is 14.2. The van der Waals surface area contributed by atoms with Crippen LogP contribution in [0.15, 0.2) is 48.5 Å². The molecule has 0 atom stereocenters. The minimum absolute atomic E-state index is 0.0139. The Kier molecular flexibility index (Phi) is 3.80. The van der Waals surface area contributed by atoms with Crippen LogP contribution < -0.4 is 0 Å². The Bertz CT molecular complexity index is 833. The standard InChI is InChI=1S/C14H10ClN5O2/c15-13-7-2-1-4-11(13)9-19-17-14(16-18-19)10-5-3-6-12(8-10)20(21)22/h1-8H,9H2. The fourth-order valence-electron chi connectivity index (χ4n) is 1.96. The van der Waals surface area contributed by atoms with Crippen LogP contribution in [0, 0.1) is 10.1 Å². The van der Waals surface area contributed by atoms with Crippen LogP contribution in [0.4, 0.5) is 5.69 Å². The Morgan fingerprint density at radius 3 is 2.77 bits per heavy atom. The van der Waals surface area contributed by atoms with Gasteiger partial charge in [0.15, 0.2) is 0 Å². The van der Waals surface area contributed by atoms with Crippen molar-refractivity contribution in [1.82, 2.24) is 20.2 Å². The van der Waals surface area contributed by atoms with Gasteiger partial charge in [-0.1, -0.05) is 41.9 Å². The van der Waals surface area contributed by atoms with Crippen molar-refractivity contribution in [3.05, 3.63) is 69.2 Å². The van der Waals surface area contributed by atoms with Crippen LogP contribution in [0.2, 0.25) is 5.02 Å². The summed E-state index contributed by atoms with van der Waals surface area (Å²) in [4.78, 5) is 11.7. The summed E-state index contributed by atoms with van der Waals surface area (Å²) in [6.45, 7) is 0.377. The van der Waals surface area contributed by atoms with Gasteiger partial charge in [0.1, 0.15) is 0 Å². The Labute approximate surface area is 130 Å². The van der Waals surface area contributed by atoms with Crippen LogP contribution in [0.1, 0.15) is 5.56 Å². The highest BCUT2D eigenvalue weighted by Gasteiger charge is 2.11. The van der Waals surface area contributed by atoms with Gasteiger partial charge in [0.2, 0.25) is 5.82 Å². The molecule has 1 heterocycles. The molecule has 0 saturated heterocycles. The third-order valence-corrected chi connectivity index (χ3v) is 3.41. The molecule has 7 nitrogen and oxygen atoms in total. The third-order valence-electron chi connectivity index (χ3n) is 3.04. The van der Waals surface area contributed by atoms with Gasteiger partial charge >= 0.3 is 0 Å². The molecule has 3 aromatic rings. The van der Waals surface area contributed by atoms with Crippen molar-refractivity contribution in [3.8, 4) is 11.4 Å². The Morgan fingerprint density at radius 1 is 1.18 bits per heavy atom. The third kappa shape index (κ3) is 2.94. The van der Waals surface area contributed by atoms with Crippen molar-refractivity contribution in [1.29, 1.82) is 0 Å². The number of hydrogen-bond acceptors (Lipinski definition) is 5. The lowest BCUT2D eigenvalue weighted by Crippen LogP contribution is -2.04. The largest absolute Gasteiger partial charge is 0.270 e. The van der Waals surface area contributed by atoms with Crippen molar-refractivity contribution >= 4 is 17.3 Å². The molecule has 0 amide bonds. The number of nitro groups is 1. The van der Waals surface area contributed by atoms with Gasteiger partial charge in [0.05, 0.1) is 11.5 Å². The van der Waals surface area contributed by atoms with Crippen LogP contribution >= 0.6 is 11.6 Å². The molecule has 0 N–H and O–H groups in total. The monoisotopic (exact) mass is 315 g/mol. The maximum atomic E-state index is 10.8. The SMILES string of the molecule is O=[N+]([O-])c1cccc(-c2nnn(Cc3ccccc3Cl)n2)c1. The van der Waals surface area contributed by atoms with E-state index in [1.54, 1.807) is 18.2 Å². The molecule has 0 bridgehead atoms. The maximum absolute atomic E-state index is 10.8. The highest BCUT2D eigenvalue weighted by molar-refractivity contribution is 6.31. The lowest BCUT2D eigenvalue weighted by Gasteiger charge is -2.01. The summed E-state index contributed by atoms with van der Waals surface area (Å²) in [5.74, 6) is 0.329. The summed E-state index contributed by atoms with van der Waals surface area (Å²) < 4.78 is 0. The topological polar surface area (TPSA) is 86.7 Å². The molecule has 110 valence electrons. The fraction of sp³-hybridized carbons (Fsp3) is 0.0714. The average molecular weight is 316 g/mol. The van der Waals surface area contributed by atoms with E-state index in [0.29, 0.717) is 23.0 Å². The molecule has 0 radical (unpaired) electrons. The van der Waals surface area contributed by atoms with Gasteiger partial charge in [-0.05, 0) is 16.8 Å². The second-order valence-corrected chi connectivity index (χ2v) is 4.95. The lowest BCUT2D eigenvalue weighted by atomic mass is 10.2. The summed E-state index contributed by atoms with van der Waals surface area (Å²) in [6.07, 6.45) is 0. The predicted molar refractivity (Wildman–Crippen MR) is 80.5 cm³/mol. The van der Waals surface area contributed by atoms with Crippen LogP contribution in [0.3, 0.4) is 0 Å². The van der Waals surface area contributed by atoms with Crippen molar-refractivity contribution in [2.45, 2.75) is 6.54 Å². The van der Waals surface area contributed by atoms with Gasteiger partial charge in [0.25, 0.3) is 5.69 Å². The molecule has 0 aliphatic heterocycles. The quantitative estimate of drug-likeness (QED) is 0.545. The predicted octanol–water partition coefficient (Wildman–Crippen LogP) is 2.95. The molecule has 0 unspecified atom stereocenters. The van der Waals surface area contributed by atoms with Gasteiger partial charge in [-0.2, -0.15) is 4.80 Å². The zero-order valence-electron chi connectivity index (χ0n) is 11.3. The van der Waals surface area contributed by atoms with Crippen molar-refractivity contribution in [2.24, 2.45) is 0 Å². The first-order chi connectivity index (χ1) is 10.6. The van der Waals surface area contributed by atoms with Gasteiger partial charge < -0.3 is 0 Å². The average Bonchev–Trinajstić information content (AvgIpc) is 2.98. The summed E-state index contributed by atoms with van der Waals surface area (Å²) >= 11 is 6.09.